The number of benzene rings is 5. The van der Waals surface area contributed by atoms with Crippen LogP contribution in [0.2, 0.25) is 0 Å². The van der Waals surface area contributed by atoms with Gasteiger partial charge in [0.05, 0.1) is 0 Å². The Morgan fingerprint density at radius 3 is 0.938 bits per heavy atom. The third kappa shape index (κ3) is 7.95. The van der Waals surface area contributed by atoms with Crippen LogP contribution in [0.1, 0.15) is 12.8 Å². The number of hydrogen-bond donors (Lipinski definition) is 0. The van der Waals surface area contributed by atoms with Crippen LogP contribution >= 0.6 is 23.0 Å². The van der Waals surface area contributed by atoms with Crippen molar-refractivity contribution in [1.29, 1.82) is 0 Å². The van der Waals surface area contributed by atoms with Crippen LogP contribution < -0.4 is 22.6 Å². The van der Waals surface area contributed by atoms with Crippen molar-refractivity contribution in [3.8, 4) is 28.7 Å². The van der Waals surface area contributed by atoms with Gasteiger partial charge in [0.15, 0.2) is 0 Å². The zero-order chi connectivity index (χ0) is 32.5. The molecule has 1 aliphatic carbocycles. The van der Waals surface area contributed by atoms with E-state index in [0.29, 0.717) is 40.9 Å². The fourth-order valence-electron chi connectivity index (χ4n) is 4.66. The minimum absolute atomic E-state index is 0.478. The van der Waals surface area contributed by atoms with Gasteiger partial charge < -0.3 is 27.1 Å². The lowest BCUT2D eigenvalue weighted by atomic mass is 10.2. The maximum absolute atomic E-state index is 6.83. The molecule has 0 aromatic heterocycles. The minimum atomic E-state index is -3.85. The quantitative estimate of drug-likeness (QED) is 0.121. The number of rotatable bonds is 12. The molecule has 0 radical (unpaired) electrons. The molecule has 0 fully saturated rings. The monoisotopic (exact) mass is 695 g/mol. The number of allylic oxidation sites excluding steroid dienone is 4. The van der Waals surface area contributed by atoms with E-state index in [9.17, 15) is 0 Å². The van der Waals surface area contributed by atoms with E-state index in [1.165, 1.54) is 0 Å². The van der Waals surface area contributed by atoms with E-state index in [0.717, 1.165) is 6.42 Å². The van der Waals surface area contributed by atoms with Crippen LogP contribution in [-0.4, -0.2) is 0 Å². The van der Waals surface area contributed by atoms with Gasteiger partial charge in [0.2, 0.25) is 0 Å². The first-order chi connectivity index (χ1) is 23.6. The molecule has 12 heteroatoms. The lowest BCUT2D eigenvalue weighted by Gasteiger charge is -2.33. The molecule has 1 aliphatic heterocycles. The molecule has 0 bridgehead atoms. The third-order valence-corrected chi connectivity index (χ3v) is 14.9. The molecule has 0 spiro atoms. The summed E-state index contributed by atoms with van der Waals surface area (Å²) in [7, 11) is -11.5. The van der Waals surface area contributed by atoms with E-state index >= 15 is 0 Å². The Morgan fingerprint density at radius 1 is 0.375 bits per heavy atom. The SMILES string of the molecule is C1=CCCC(OP2(Oc3ccccc3)=NP(Oc3ccccc3)(Oc3ccccc3)=NP(Oc3ccccc3)(Oc3ccccc3)=N2)=C1. The average Bonchev–Trinajstić information content (AvgIpc) is 3.10. The van der Waals surface area contributed by atoms with Crippen LogP contribution in [0.3, 0.4) is 0 Å². The number of para-hydroxylation sites is 5. The summed E-state index contributed by atoms with van der Waals surface area (Å²) in [5, 5.41) is 0. The van der Waals surface area contributed by atoms with E-state index in [1.807, 2.05) is 164 Å². The molecule has 1 heterocycles. The van der Waals surface area contributed by atoms with E-state index < -0.39 is 23.0 Å². The van der Waals surface area contributed by atoms with Crippen LogP contribution in [-0.2, 0) is 4.52 Å². The first-order valence-electron chi connectivity index (χ1n) is 15.3. The lowest BCUT2D eigenvalue weighted by molar-refractivity contribution is 0.373. The Balaban J connectivity index is 1.54. The van der Waals surface area contributed by atoms with Gasteiger partial charge >= 0.3 is 23.0 Å². The van der Waals surface area contributed by atoms with Gasteiger partial charge in [-0.25, -0.2) is 0 Å². The van der Waals surface area contributed by atoms with Crippen LogP contribution in [0.4, 0.5) is 0 Å². The number of hydrogen-bond acceptors (Lipinski definition) is 9. The molecule has 0 saturated carbocycles. The summed E-state index contributed by atoms with van der Waals surface area (Å²) in [6, 6.07) is 46.3. The molecule has 2 aliphatic rings. The summed E-state index contributed by atoms with van der Waals surface area (Å²) >= 11 is 0. The summed E-state index contributed by atoms with van der Waals surface area (Å²) in [4.78, 5) is 0. The van der Waals surface area contributed by atoms with Crippen molar-refractivity contribution in [1.82, 2.24) is 0 Å². The van der Waals surface area contributed by atoms with E-state index in [1.54, 1.807) is 0 Å². The van der Waals surface area contributed by atoms with Crippen molar-refractivity contribution in [3.05, 3.63) is 176 Å². The summed E-state index contributed by atoms with van der Waals surface area (Å²) in [5.41, 5.74) is 0. The van der Waals surface area contributed by atoms with Crippen molar-refractivity contribution in [3.63, 3.8) is 0 Å². The smallest absolute Gasteiger partial charge is 0.418 e. The Morgan fingerprint density at radius 2 is 0.667 bits per heavy atom. The van der Waals surface area contributed by atoms with Crippen LogP contribution in [0.25, 0.3) is 0 Å². The topological polar surface area (TPSA) is 92.5 Å². The van der Waals surface area contributed by atoms with Gasteiger partial charge in [0.25, 0.3) is 0 Å². The molecule has 7 rings (SSSR count). The zero-order valence-corrected chi connectivity index (χ0v) is 28.4. The Hall–Kier alpha value is -4.93. The second-order valence-corrected chi connectivity index (χ2v) is 16.6. The van der Waals surface area contributed by atoms with Gasteiger partial charge in [-0.3, -0.25) is 0 Å². The Kier molecular flexibility index (Phi) is 9.53. The van der Waals surface area contributed by atoms with Gasteiger partial charge in [-0.2, -0.15) is 0 Å². The molecule has 242 valence electrons. The summed E-state index contributed by atoms with van der Waals surface area (Å²) < 4.78 is 56.2. The van der Waals surface area contributed by atoms with Crippen molar-refractivity contribution in [2.24, 2.45) is 13.5 Å². The highest BCUT2D eigenvalue weighted by Gasteiger charge is 2.49. The van der Waals surface area contributed by atoms with Crippen molar-refractivity contribution in [2.75, 3.05) is 0 Å². The fourth-order valence-corrected chi connectivity index (χ4v) is 13.8. The Labute approximate surface area is 280 Å². The molecule has 48 heavy (non-hydrogen) atoms. The van der Waals surface area contributed by atoms with Gasteiger partial charge in [-0.1, -0.05) is 117 Å². The molecule has 0 N–H and O–H groups in total. The highest BCUT2D eigenvalue weighted by Crippen LogP contribution is 2.79. The van der Waals surface area contributed by atoms with E-state index in [4.69, 9.17) is 40.7 Å². The predicted octanol–water partition coefficient (Wildman–Crippen LogP) is 12.5. The zero-order valence-electron chi connectivity index (χ0n) is 25.7. The second kappa shape index (κ2) is 14.5. The van der Waals surface area contributed by atoms with Crippen molar-refractivity contribution in [2.45, 2.75) is 12.8 Å². The predicted molar refractivity (Wildman–Crippen MR) is 191 cm³/mol. The standard InChI is InChI=1S/C36H32N3O6P3/c1-7-19-31(20-8-1)40-46(41-32-21-9-2-10-22-32)37-47(42-33-23-11-3-12-24-33,43-34-25-13-4-14-26-34)39-48(38-46,44-35-27-15-5-16-28-35)45-36-29-17-6-18-30-36/h1-17,19-29H,18,30H2. The first-order valence-corrected chi connectivity index (χ1v) is 19.9. The van der Waals surface area contributed by atoms with Gasteiger partial charge in [0, 0.05) is 6.42 Å². The minimum Gasteiger partial charge on any atom is -0.418 e. The van der Waals surface area contributed by atoms with E-state index in [2.05, 4.69) is 6.08 Å². The average molecular weight is 696 g/mol. The van der Waals surface area contributed by atoms with E-state index in [-0.39, 0.29) is 0 Å². The maximum atomic E-state index is 6.83. The van der Waals surface area contributed by atoms with Crippen LogP contribution in [0.5, 0.6) is 28.7 Å². The van der Waals surface area contributed by atoms with Crippen LogP contribution in [0, 0.1) is 0 Å². The van der Waals surface area contributed by atoms with Gasteiger partial charge in [-0.05, 0) is 73.2 Å². The number of nitrogens with zero attached hydrogens (tertiary/aromatic N) is 3. The third-order valence-electron chi connectivity index (χ3n) is 6.73. The van der Waals surface area contributed by atoms with Gasteiger partial charge in [0.1, 0.15) is 34.5 Å². The maximum Gasteiger partial charge on any atom is 0.460 e. The van der Waals surface area contributed by atoms with Crippen molar-refractivity contribution < 1.29 is 27.1 Å². The molecular weight excluding hydrogens is 663 g/mol. The summed E-state index contributed by atoms with van der Waals surface area (Å²) in [6.45, 7) is 0. The molecule has 5 aromatic rings. The first kappa shape index (κ1) is 31.7. The molecule has 0 saturated heterocycles. The fraction of sp³-hybridized carbons (Fsp3) is 0.0556. The lowest BCUT2D eigenvalue weighted by Crippen LogP contribution is -2.10. The van der Waals surface area contributed by atoms with Crippen molar-refractivity contribution >= 4 is 23.0 Å². The van der Waals surface area contributed by atoms with Crippen LogP contribution in [0.15, 0.2) is 189 Å². The highest BCUT2D eigenvalue weighted by molar-refractivity contribution is 7.79. The second-order valence-electron chi connectivity index (χ2n) is 10.5. The molecule has 0 amide bonds. The van der Waals surface area contributed by atoms with Gasteiger partial charge in [-0.15, -0.1) is 0 Å². The normalized spacial score (nSPS) is 18.8. The largest absolute Gasteiger partial charge is 0.460 e. The molecule has 1 atom stereocenters. The summed E-state index contributed by atoms with van der Waals surface area (Å²) in [5.74, 6) is 3.05. The molecule has 9 nitrogen and oxygen atoms in total. The molecule has 5 aromatic carbocycles. The summed E-state index contributed by atoms with van der Waals surface area (Å²) in [6.07, 6.45) is 7.31. The highest BCUT2D eigenvalue weighted by atomic mass is 31.3. The Bertz CT molecular complexity index is 1880. The molecule has 1 unspecified atom stereocenters. The molecular formula is C36H32N3O6P3.